The number of fused-ring (bicyclic) bond motifs is 1. The van der Waals surface area contributed by atoms with Crippen molar-refractivity contribution in [3.05, 3.63) is 54.1 Å². The van der Waals surface area contributed by atoms with Gasteiger partial charge in [0.05, 0.1) is 6.04 Å². The maximum atomic E-state index is 12.1. The third-order valence-corrected chi connectivity index (χ3v) is 3.76. The minimum atomic E-state index is -0.494. The minimum absolute atomic E-state index is 0.0613. The van der Waals surface area contributed by atoms with Crippen LogP contribution in [0.25, 0.3) is 16.8 Å². The van der Waals surface area contributed by atoms with E-state index in [1.165, 1.54) is 10.8 Å². The number of amides is 1. The Bertz CT molecular complexity index is 736. The van der Waals surface area contributed by atoms with Crippen LogP contribution >= 0.6 is 0 Å². The van der Waals surface area contributed by atoms with E-state index in [9.17, 15) is 4.79 Å². The van der Waals surface area contributed by atoms with Gasteiger partial charge in [-0.3, -0.25) is 0 Å². The molecule has 1 amide bonds. The van der Waals surface area contributed by atoms with Crippen molar-refractivity contribution >= 4 is 22.9 Å². The summed E-state index contributed by atoms with van der Waals surface area (Å²) < 4.78 is 5.39. The molecule has 0 aliphatic rings. The van der Waals surface area contributed by atoms with Crippen LogP contribution in [0.3, 0.4) is 0 Å². The minimum Gasteiger partial charge on any atom is -0.444 e. The zero-order valence-electron chi connectivity index (χ0n) is 15.9. The van der Waals surface area contributed by atoms with Gasteiger partial charge in [0, 0.05) is 0 Å². The molecule has 0 saturated carbocycles. The van der Waals surface area contributed by atoms with Gasteiger partial charge in [-0.1, -0.05) is 68.5 Å². The van der Waals surface area contributed by atoms with Gasteiger partial charge in [0.2, 0.25) is 0 Å². The summed E-state index contributed by atoms with van der Waals surface area (Å²) in [6.45, 7) is 9.91. The van der Waals surface area contributed by atoms with E-state index in [0.29, 0.717) is 5.92 Å². The number of alkyl carbamates (subject to hydrolysis) is 1. The van der Waals surface area contributed by atoms with Gasteiger partial charge in [-0.2, -0.15) is 0 Å². The molecule has 0 radical (unpaired) electrons. The Hall–Kier alpha value is -2.29. The highest BCUT2D eigenvalue weighted by Crippen LogP contribution is 2.20. The summed E-state index contributed by atoms with van der Waals surface area (Å²) in [6, 6.07) is 14.5. The van der Waals surface area contributed by atoms with Gasteiger partial charge >= 0.3 is 6.09 Å². The van der Waals surface area contributed by atoms with Crippen LogP contribution in [0.5, 0.6) is 0 Å². The van der Waals surface area contributed by atoms with E-state index < -0.39 is 5.60 Å². The van der Waals surface area contributed by atoms with Gasteiger partial charge in [-0.25, -0.2) is 4.79 Å². The van der Waals surface area contributed by atoms with Crippen LogP contribution in [-0.2, 0) is 4.74 Å². The van der Waals surface area contributed by atoms with Crippen LogP contribution in [0.2, 0.25) is 0 Å². The maximum Gasteiger partial charge on any atom is 0.408 e. The molecule has 0 aliphatic carbocycles. The molecule has 1 atom stereocenters. The van der Waals surface area contributed by atoms with Gasteiger partial charge in [0.25, 0.3) is 0 Å². The van der Waals surface area contributed by atoms with Gasteiger partial charge in [-0.15, -0.1) is 0 Å². The van der Waals surface area contributed by atoms with Gasteiger partial charge in [0.15, 0.2) is 0 Å². The first kappa shape index (κ1) is 19.0. The Morgan fingerprint density at radius 1 is 1.12 bits per heavy atom. The highest BCUT2D eigenvalue weighted by molar-refractivity contribution is 5.90. The lowest BCUT2D eigenvalue weighted by Crippen LogP contribution is -2.38. The molecule has 2 aromatic carbocycles. The molecule has 0 unspecified atom stereocenters. The predicted molar refractivity (Wildman–Crippen MR) is 106 cm³/mol. The van der Waals surface area contributed by atoms with Gasteiger partial charge in [-0.05, 0) is 49.4 Å². The van der Waals surface area contributed by atoms with E-state index >= 15 is 0 Å². The second kappa shape index (κ2) is 8.19. The van der Waals surface area contributed by atoms with Crippen LogP contribution in [0.4, 0.5) is 4.79 Å². The molecule has 134 valence electrons. The van der Waals surface area contributed by atoms with E-state index in [1.54, 1.807) is 0 Å². The highest BCUT2D eigenvalue weighted by atomic mass is 16.6. The SMILES string of the molecule is CC(C)C[C@@H](C=Cc1cccc2ccccc12)NC(=O)OC(C)(C)C. The summed E-state index contributed by atoms with van der Waals surface area (Å²) >= 11 is 0. The molecule has 2 rings (SSSR count). The average Bonchev–Trinajstić information content (AvgIpc) is 2.50. The first-order chi connectivity index (χ1) is 11.7. The quantitative estimate of drug-likeness (QED) is 0.748. The molecule has 0 aromatic heterocycles. The lowest BCUT2D eigenvalue weighted by molar-refractivity contribution is 0.0510. The number of rotatable bonds is 5. The topological polar surface area (TPSA) is 38.3 Å². The largest absolute Gasteiger partial charge is 0.444 e. The molecule has 3 heteroatoms. The fourth-order valence-corrected chi connectivity index (χ4v) is 2.77. The van der Waals surface area contributed by atoms with Crippen LogP contribution in [0, 0.1) is 5.92 Å². The van der Waals surface area contributed by atoms with Crippen molar-refractivity contribution in [2.45, 2.75) is 52.7 Å². The second-order valence-corrected chi connectivity index (χ2v) is 7.81. The summed E-state index contributed by atoms with van der Waals surface area (Å²) in [6.07, 6.45) is 4.64. The fourth-order valence-electron chi connectivity index (χ4n) is 2.77. The summed E-state index contributed by atoms with van der Waals surface area (Å²) in [7, 11) is 0. The number of hydrogen-bond donors (Lipinski definition) is 1. The number of hydrogen-bond acceptors (Lipinski definition) is 2. The van der Waals surface area contributed by atoms with Crippen molar-refractivity contribution in [2.24, 2.45) is 5.92 Å². The van der Waals surface area contributed by atoms with E-state index in [2.05, 4.69) is 61.6 Å². The summed E-state index contributed by atoms with van der Waals surface area (Å²) in [5.74, 6) is 0.470. The van der Waals surface area contributed by atoms with Crippen molar-refractivity contribution in [3.8, 4) is 0 Å². The summed E-state index contributed by atoms with van der Waals surface area (Å²) in [5, 5.41) is 5.40. The van der Waals surface area contributed by atoms with E-state index in [0.717, 1.165) is 12.0 Å². The number of ether oxygens (including phenoxy) is 1. The fraction of sp³-hybridized carbons (Fsp3) is 0.409. The van der Waals surface area contributed by atoms with Crippen LogP contribution < -0.4 is 5.32 Å². The Morgan fingerprint density at radius 3 is 2.48 bits per heavy atom. The normalized spacial score (nSPS) is 13.4. The molecule has 25 heavy (non-hydrogen) atoms. The van der Waals surface area contributed by atoms with Crippen molar-refractivity contribution in [3.63, 3.8) is 0 Å². The zero-order chi connectivity index (χ0) is 18.4. The zero-order valence-corrected chi connectivity index (χ0v) is 15.9. The molecule has 3 nitrogen and oxygen atoms in total. The van der Waals surface area contributed by atoms with Crippen LogP contribution in [-0.4, -0.2) is 17.7 Å². The second-order valence-electron chi connectivity index (χ2n) is 7.81. The molecule has 0 spiro atoms. The van der Waals surface area contributed by atoms with Crippen LogP contribution in [0.15, 0.2) is 48.5 Å². The van der Waals surface area contributed by atoms with Gasteiger partial charge in [0.1, 0.15) is 5.60 Å². The molecule has 0 fully saturated rings. The number of carbonyl (C=O) groups is 1. The Morgan fingerprint density at radius 2 is 1.80 bits per heavy atom. The van der Waals surface area contributed by atoms with Crippen molar-refractivity contribution in [1.29, 1.82) is 0 Å². The first-order valence-electron chi connectivity index (χ1n) is 8.90. The molecular weight excluding hydrogens is 310 g/mol. The number of benzene rings is 2. The van der Waals surface area contributed by atoms with Crippen molar-refractivity contribution < 1.29 is 9.53 Å². The number of carbonyl (C=O) groups excluding carboxylic acids is 1. The van der Waals surface area contributed by atoms with Crippen LogP contribution in [0.1, 0.15) is 46.6 Å². The van der Waals surface area contributed by atoms with Gasteiger partial charge < -0.3 is 10.1 Å². The highest BCUT2D eigenvalue weighted by Gasteiger charge is 2.18. The van der Waals surface area contributed by atoms with Crippen molar-refractivity contribution in [1.82, 2.24) is 5.32 Å². The molecular formula is C22H29NO2. The monoisotopic (exact) mass is 339 g/mol. The summed E-state index contributed by atoms with van der Waals surface area (Å²) in [5.41, 5.74) is 0.657. The molecule has 0 bridgehead atoms. The maximum absolute atomic E-state index is 12.1. The molecule has 0 heterocycles. The van der Waals surface area contributed by atoms with E-state index in [4.69, 9.17) is 4.74 Å². The third kappa shape index (κ3) is 6.26. The predicted octanol–water partition coefficient (Wildman–Crippen LogP) is 5.79. The average molecular weight is 339 g/mol. The standard InChI is InChI=1S/C22H29NO2/c1-16(2)15-19(23-21(24)25-22(3,4)5)14-13-18-11-8-10-17-9-6-7-12-20(17)18/h6-14,16,19H,15H2,1-5H3,(H,23,24)/t19-/m1/s1. The van der Waals surface area contributed by atoms with E-state index in [-0.39, 0.29) is 12.1 Å². The lowest BCUT2D eigenvalue weighted by Gasteiger charge is -2.23. The third-order valence-electron chi connectivity index (χ3n) is 3.76. The lowest BCUT2D eigenvalue weighted by atomic mass is 10.0. The molecule has 0 aliphatic heterocycles. The Balaban J connectivity index is 2.18. The Labute approximate surface area is 151 Å². The van der Waals surface area contributed by atoms with E-state index in [1.807, 2.05) is 32.9 Å². The molecule has 2 aromatic rings. The smallest absolute Gasteiger partial charge is 0.408 e. The number of nitrogens with one attached hydrogen (secondary N) is 1. The summed E-state index contributed by atoms with van der Waals surface area (Å²) in [4.78, 5) is 12.1. The first-order valence-corrected chi connectivity index (χ1v) is 8.90. The molecule has 0 saturated heterocycles. The molecule has 1 N–H and O–H groups in total. The Kier molecular flexibility index (Phi) is 6.24. The van der Waals surface area contributed by atoms with Crippen molar-refractivity contribution in [2.75, 3.05) is 0 Å².